The van der Waals surface area contributed by atoms with E-state index in [1.165, 1.54) is 11.3 Å². The average molecular weight is 378 g/mol. The standard InChI is InChI=1S/C19H27N3O3S/c20-12-6-5-9-15(21-17(24)11-2-1-7-13-23)18(25)19-22-14-8-3-4-10-16(14)26-19/h3-4,8,10,15,23H,1-2,5-7,9,11-13,20H2,(H,21,24)/t15-/m1/s1. The number of ketones is 1. The molecule has 0 aliphatic carbocycles. The number of nitrogens with two attached hydrogens (primary N) is 1. The topological polar surface area (TPSA) is 105 Å². The summed E-state index contributed by atoms with van der Waals surface area (Å²) in [6.45, 7) is 0.705. The normalized spacial score (nSPS) is 12.2. The number of fused-ring (bicyclic) bond motifs is 1. The summed E-state index contributed by atoms with van der Waals surface area (Å²) >= 11 is 1.36. The molecule has 0 aliphatic rings. The summed E-state index contributed by atoms with van der Waals surface area (Å²) < 4.78 is 0.965. The maximum atomic E-state index is 12.9. The number of nitrogens with zero attached hydrogens (tertiary/aromatic N) is 1. The van der Waals surface area contributed by atoms with Crippen LogP contribution in [-0.2, 0) is 4.79 Å². The van der Waals surface area contributed by atoms with Crippen molar-refractivity contribution in [3.8, 4) is 0 Å². The Bertz CT molecular complexity index is 684. The van der Waals surface area contributed by atoms with Crippen molar-refractivity contribution in [2.24, 2.45) is 5.73 Å². The largest absolute Gasteiger partial charge is 0.396 e. The quantitative estimate of drug-likeness (QED) is 0.389. The molecular weight excluding hydrogens is 350 g/mol. The van der Waals surface area contributed by atoms with E-state index in [1.807, 2.05) is 24.3 Å². The molecule has 2 aromatic rings. The van der Waals surface area contributed by atoms with E-state index in [9.17, 15) is 9.59 Å². The number of amides is 1. The third-order valence-electron chi connectivity index (χ3n) is 4.17. The summed E-state index contributed by atoms with van der Waals surface area (Å²) in [5, 5.41) is 12.1. The van der Waals surface area contributed by atoms with E-state index in [4.69, 9.17) is 10.8 Å². The fourth-order valence-electron chi connectivity index (χ4n) is 2.73. The van der Waals surface area contributed by atoms with Crippen LogP contribution in [0.3, 0.4) is 0 Å². The maximum absolute atomic E-state index is 12.9. The molecule has 0 saturated carbocycles. The van der Waals surface area contributed by atoms with E-state index < -0.39 is 6.04 Å². The lowest BCUT2D eigenvalue weighted by atomic mass is 10.0. The van der Waals surface area contributed by atoms with Gasteiger partial charge in [0, 0.05) is 13.0 Å². The van der Waals surface area contributed by atoms with Gasteiger partial charge in [-0.25, -0.2) is 4.98 Å². The van der Waals surface area contributed by atoms with Crippen molar-refractivity contribution in [2.75, 3.05) is 13.2 Å². The third-order valence-corrected chi connectivity index (χ3v) is 5.22. The van der Waals surface area contributed by atoms with Crippen molar-refractivity contribution >= 4 is 33.2 Å². The van der Waals surface area contributed by atoms with E-state index in [0.717, 1.165) is 29.5 Å². The highest BCUT2D eigenvalue weighted by atomic mass is 32.1. The minimum Gasteiger partial charge on any atom is -0.396 e. The molecule has 7 heteroatoms. The number of para-hydroxylation sites is 1. The molecule has 6 nitrogen and oxygen atoms in total. The zero-order chi connectivity index (χ0) is 18.8. The zero-order valence-electron chi connectivity index (χ0n) is 14.9. The predicted octanol–water partition coefficient (Wildman–Crippen LogP) is 2.65. The molecule has 1 aromatic carbocycles. The van der Waals surface area contributed by atoms with Gasteiger partial charge in [-0.05, 0) is 50.8 Å². The summed E-state index contributed by atoms with van der Waals surface area (Å²) in [4.78, 5) is 29.5. The number of aliphatic hydroxyl groups is 1. The molecule has 1 amide bonds. The van der Waals surface area contributed by atoms with Crippen LogP contribution in [0.5, 0.6) is 0 Å². The van der Waals surface area contributed by atoms with Crippen molar-refractivity contribution in [1.82, 2.24) is 10.3 Å². The Morgan fingerprint density at radius 3 is 2.69 bits per heavy atom. The third kappa shape index (κ3) is 6.16. The number of Topliss-reactive ketones (excluding diaryl/α,β-unsaturated/α-hetero) is 1. The van der Waals surface area contributed by atoms with Gasteiger partial charge in [-0.3, -0.25) is 9.59 Å². The number of carbonyl (C=O) groups is 2. The molecule has 1 aromatic heterocycles. The Morgan fingerprint density at radius 2 is 1.96 bits per heavy atom. The van der Waals surface area contributed by atoms with Crippen LogP contribution in [0.2, 0.25) is 0 Å². The molecule has 0 radical (unpaired) electrons. The second kappa shape index (κ2) is 11.0. The van der Waals surface area contributed by atoms with Crippen molar-refractivity contribution < 1.29 is 14.7 Å². The minimum atomic E-state index is -0.563. The summed E-state index contributed by atoms with van der Waals surface area (Å²) in [6.07, 6.45) is 4.72. The zero-order valence-corrected chi connectivity index (χ0v) is 15.8. The van der Waals surface area contributed by atoms with Gasteiger partial charge < -0.3 is 16.2 Å². The first-order valence-electron chi connectivity index (χ1n) is 9.15. The second-order valence-corrected chi connectivity index (χ2v) is 7.32. The van der Waals surface area contributed by atoms with Crippen molar-refractivity contribution in [3.05, 3.63) is 29.3 Å². The highest BCUT2D eigenvalue weighted by molar-refractivity contribution is 7.20. The molecule has 0 fully saturated rings. The van der Waals surface area contributed by atoms with Gasteiger partial charge in [0.1, 0.15) is 0 Å². The van der Waals surface area contributed by atoms with E-state index in [1.54, 1.807) is 0 Å². The molecule has 1 heterocycles. The van der Waals surface area contributed by atoms with Crippen LogP contribution >= 0.6 is 11.3 Å². The molecule has 0 aliphatic heterocycles. The SMILES string of the molecule is NCCCC[C@@H](NC(=O)CCCCCO)C(=O)c1nc2ccccc2s1. The molecule has 4 N–H and O–H groups in total. The van der Waals surface area contributed by atoms with Crippen molar-refractivity contribution in [1.29, 1.82) is 0 Å². The van der Waals surface area contributed by atoms with E-state index in [-0.39, 0.29) is 18.3 Å². The van der Waals surface area contributed by atoms with Crippen LogP contribution in [0, 0.1) is 0 Å². The fourth-order valence-corrected chi connectivity index (χ4v) is 3.69. The van der Waals surface area contributed by atoms with Gasteiger partial charge in [-0.15, -0.1) is 11.3 Å². The average Bonchev–Trinajstić information content (AvgIpc) is 3.08. The Balaban J connectivity index is 2.02. The molecule has 0 spiro atoms. The summed E-state index contributed by atoms with van der Waals surface area (Å²) in [5.74, 6) is -0.262. The number of aliphatic hydroxyl groups excluding tert-OH is 1. The first-order chi connectivity index (χ1) is 12.7. The first-order valence-corrected chi connectivity index (χ1v) is 9.97. The van der Waals surface area contributed by atoms with E-state index in [2.05, 4.69) is 10.3 Å². The van der Waals surface area contributed by atoms with Gasteiger partial charge in [0.25, 0.3) is 0 Å². The Hall–Kier alpha value is -1.83. The lowest BCUT2D eigenvalue weighted by molar-refractivity contribution is -0.121. The van der Waals surface area contributed by atoms with Crippen LogP contribution in [0.4, 0.5) is 0 Å². The highest BCUT2D eigenvalue weighted by Crippen LogP contribution is 2.23. The molecule has 142 valence electrons. The fraction of sp³-hybridized carbons (Fsp3) is 0.526. The Kier molecular flexibility index (Phi) is 8.67. The summed E-state index contributed by atoms with van der Waals surface area (Å²) in [5.41, 5.74) is 6.35. The van der Waals surface area contributed by atoms with Crippen LogP contribution in [0.25, 0.3) is 10.2 Å². The molecule has 0 saturated heterocycles. The van der Waals surface area contributed by atoms with Crippen LogP contribution in [0.1, 0.15) is 54.7 Å². The molecule has 0 bridgehead atoms. The first kappa shape index (κ1) is 20.5. The van der Waals surface area contributed by atoms with E-state index in [0.29, 0.717) is 37.2 Å². The molecule has 0 unspecified atom stereocenters. The van der Waals surface area contributed by atoms with Gasteiger partial charge >= 0.3 is 0 Å². The monoisotopic (exact) mass is 377 g/mol. The number of hydrogen-bond donors (Lipinski definition) is 3. The van der Waals surface area contributed by atoms with Crippen LogP contribution in [0.15, 0.2) is 24.3 Å². The number of aromatic nitrogens is 1. The second-order valence-electron chi connectivity index (χ2n) is 6.29. The molecule has 26 heavy (non-hydrogen) atoms. The highest BCUT2D eigenvalue weighted by Gasteiger charge is 2.24. The summed E-state index contributed by atoms with van der Waals surface area (Å²) in [6, 6.07) is 7.07. The molecule has 1 atom stereocenters. The number of carbonyl (C=O) groups excluding carboxylic acids is 2. The number of rotatable bonds is 12. The number of benzene rings is 1. The Labute approximate surface area is 157 Å². The van der Waals surface area contributed by atoms with Crippen LogP contribution < -0.4 is 11.1 Å². The Morgan fingerprint density at radius 1 is 1.15 bits per heavy atom. The van der Waals surface area contributed by atoms with Gasteiger partial charge in [0.2, 0.25) is 11.7 Å². The number of nitrogens with one attached hydrogen (secondary N) is 1. The van der Waals surface area contributed by atoms with Gasteiger partial charge in [-0.2, -0.15) is 0 Å². The molecular formula is C19H27N3O3S. The lowest BCUT2D eigenvalue weighted by Gasteiger charge is -2.16. The van der Waals surface area contributed by atoms with E-state index >= 15 is 0 Å². The van der Waals surface area contributed by atoms with Gasteiger partial charge in [-0.1, -0.05) is 18.6 Å². The molecule has 2 rings (SSSR count). The smallest absolute Gasteiger partial charge is 0.220 e. The van der Waals surface area contributed by atoms with Crippen molar-refractivity contribution in [3.63, 3.8) is 0 Å². The predicted molar refractivity (Wildman–Crippen MR) is 104 cm³/mol. The lowest BCUT2D eigenvalue weighted by Crippen LogP contribution is -2.40. The maximum Gasteiger partial charge on any atom is 0.220 e. The number of thiazole rings is 1. The minimum absolute atomic E-state index is 0.129. The number of hydrogen-bond acceptors (Lipinski definition) is 6. The summed E-state index contributed by atoms with van der Waals surface area (Å²) in [7, 11) is 0. The van der Waals surface area contributed by atoms with Crippen molar-refractivity contribution in [2.45, 2.75) is 51.0 Å². The number of unbranched alkanes of at least 4 members (excludes halogenated alkanes) is 3. The van der Waals surface area contributed by atoms with Gasteiger partial charge in [0.15, 0.2) is 5.01 Å². The van der Waals surface area contributed by atoms with Crippen LogP contribution in [-0.4, -0.2) is 41.0 Å². The van der Waals surface area contributed by atoms with Gasteiger partial charge in [0.05, 0.1) is 16.3 Å².